The molecule has 154 valence electrons. The van der Waals surface area contributed by atoms with Crippen LogP contribution in [0.2, 0.25) is 0 Å². The summed E-state index contributed by atoms with van der Waals surface area (Å²) in [6.45, 7) is 1.07. The minimum absolute atomic E-state index is 0.000746. The fourth-order valence-corrected chi connectivity index (χ4v) is 4.44. The highest BCUT2D eigenvalue weighted by molar-refractivity contribution is 7.09. The lowest BCUT2D eigenvalue weighted by atomic mass is 9.98. The van der Waals surface area contributed by atoms with Gasteiger partial charge in [-0.05, 0) is 41.8 Å². The van der Waals surface area contributed by atoms with Gasteiger partial charge in [0.2, 0.25) is 0 Å². The van der Waals surface area contributed by atoms with Gasteiger partial charge in [-0.1, -0.05) is 48.5 Å². The predicted octanol–water partition coefficient (Wildman–Crippen LogP) is 4.57. The summed E-state index contributed by atoms with van der Waals surface area (Å²) in [5, 5.41) is 8.47. The molecule has 1 atom stereocenters. The van der Waals surface area contributed by atoms with E-state index in [1.807, 2.05) is 72.6 Å². The lowest BCUT2D eigenvalue weighted by molar-refractivity contribution is -0.134. The first-order valence-electron chi connectivity index (χ1n) is 9.94. The topological polar surface area (TPSA) is 45.1 Å². The SMILES string of the molecule is COc1ccc([C@@H]2CC(c3ccccc3)=NN2C(=O)CN(C)Cc2cccs2)cc1. The summed E-state index contributed by atoms with van der Waals surface area (Å²) in [5.41, 5.74) is 3.05. The summed E-state index contributed by atoms with van der Waals surface area (Å²) in [4.78, 5) is 16.5. The summed E-state index contributed by atoms with van der Waals surface area (Å²) in [6, 6.07) is 22.0. The predicted molar refractivity (Wildman–Crippen MR) is 121 cm³/mol. The quantitative estimate of drug-likeness (QED) is 0.564. The van der Waals surface area contributed by atoms with Crippen LogP contribution in [0, 0.1) is 0 Å². The Bertz CT molecular complexity index is 1000. The number of thiophene rings is 1. The Labute approximate surface area is 181 Å². The molecule has 2 heterocycles. The number of rotatable bonds is 7. The van der Waals surface area contributed by atoms with E-state index in [0.29, 0.717) is 13.0 Å². The Morgan fingerprint density at radius 3 is 2.57 bits per heavy atom. The molecule has 0 fully saturated rings. The minimum Gasteiger partial charge on any atom is -0.497 e. The third-order valence-electron chi connectivity index (χ3n) is 5.18. The van der Waals surface area contributed by atoms with Crippen LogP contribution in [0.25, 0.3) is 0 Å². The van der Waals surface area contributed by atoms with Crippen LogP contribution in [0.1, 0.15) is 28.5 Å². The summed E-state index contributed by atoms with van der Waals surface area (Å²) < 4.78 is 5.28. The number of carbonyl (C=O) groups excluding carboxylic acids is 1. The van der Waals surface area contributed by atoms with Gasteiger partial charge in [0, 0.05) is 17.8 Å². The average molecular weight is 420 g/mol. The van der Waals surface area contributed by atoms with Gasteiger partial charge in [0.25, 0.3) is 5.91 Å². The van der Waals surface area contributed by atoms with Crippen molar-refractivity contribution in [3.63, 3.8) is 0 Å². The van der Waals surface area contributed by atoms with Crippen molar-refractivity contribution in [2.24, 2.45) is 5.10 Å². The number of amides is 1. The van der Waals surface area contributed by atoms with Crippen molar-refractivity contribution in [2.45, 2.75) is 19.0 Å². The van der Waals surface area contributed by atoms with Crippen molar-refractivity contribution in [1.29, 1.82) is 0 Å². The first-order valence-corrected chi connectivity index (χ1v) is 10.8. The van der Waals surface area contributed by atoms with Crippen LogP contribution in [0.3, 0.4) is 0 Å². The van der Waals surface area contributed by atoms with E-state index < -0.39 is 0 Å². The molecule has 4 rings (SSSR count). The number of hydrogen-bond donors (Lipinski definition) is 0. The molecule has 0 N–H and O–H groups in total. The maximum Gasteiger partial charge on any atom is 0.257 e. The fourth-order valence-electron chi connectivity index (χ4n) is 3.66. The van der Waals surface area contributed by atoms with Crippen LogP contribution in [0.5, 0.6) is 5.75 Å². The lowest BCUT2D eigenvalue weighted by Gasteiger charge is -2.24. The Balaban J connectivity index is 1.56. The number of hydrazone groups is 1. The summed E-state index contributed by atoms with van der Waals surface area (Å²) >= 11 is 1.70. The molecule has 30 heavy (non-hydrogen) atoms. The molecule has 3 aromatic rings. The molecular formula is C24H25N3O2S. The molecule has 6 heteroatoms. The lowest BCUT2D eigenvalue weighted by Crippen LogP contribution is -2.36. The highest BCUT2D eigenvalue weighted by Crippen LogP contribution is 2.33. The van der Waals surface area contributed by atoms with Crippen molar-refractivity contribution < 1.29 is 9.53 Å². The Morgan fingerprint density at radius 2 is 1.90 bits per heavy atom. The van der Waals surface area contributed by atoms with Crippen LogP contribution < -0.4 is 4.74 Å². The van der Waals surface area contributed by atoms with Crippen LogP contribution in [0.15, 0.2) is 77.2 Å². The first kappa shape index (κ1) is 20.3. The molecule has 1 amide bonds. The van der Waals surface area contributed by atoms with Crippen molar-refractivity contribution in [2.75, 3.05) is 20.7 Å². The van der Waals surface area contributed by atoms with Crippen molar-refractivity contribution in [3.8, 4) is 5.75 Å². The third kappa shape index (κ3) is 4.61. The van der Waals surface area contributed by atoms with Crippen molar-refractivity contribution in [3.05, 3.63) is 88.1 Å². The van der Waals surface area contributed by atoms with E-state index in [1.54, 1.807) is 23.5 Å². The summed E-state index contributed by atoms with van der Waals surface area (Å²) in [7, 11) is 3.62. The van der Waals surface area contributed by atoms with Gasteiger partial charge in [0.05, 0.1) is 25.4 Å². The molecular weight excluding hydrogens is 394 g/mol. The summed E-state index contributed by atoms with van der Waals surface area (Å²) in [6.07, 6.45) is 0.691. The molecule has 2 aromatic carbocycles. The van der Waals surface area contributed by atoms with E-state index >= 15 is 0 Å². The smallest absolute Gasteiger partial charge is 0.257 e. The number of carbonyl (C=O) groups is 1. The molecule has 0 spiro atoms. The number of ether oxygens (including phenoxy) is 1. The van der Waals surface area contributed by atoms with E-state index in [0.717, 1.165) is 29.1 Å². The van der Waals surface area contributed by atoms with E-state index in [4.69, 9.17) is 9.84 Å². The maximum atomic E-state index is 13.2. The number of likely N-dealkylation sites (N-methyl/N-ethyl adjacent to an activating group) is 1. The van der Waals surface area contributed by atoms with Gasteiger partial charge in [-0.25, -0.2) is 5.01 Å². The number of benzene rings is 2. The molecule has 1 aliphatic rings. The minimum atomic E-state index is -0.117. The first-order chi connectivity index (χ1) is 14.6. The Morgan fingerprint density at radius 1 is 1.13 bits per heavy atom. The van der Waals surface area contributed by atoms with Crippen LogP contribution in [0.4, 0.5) is 0 Å². The molecule has 1 aliphatic heterocycles. The zero-order chi connectivity index (χ0) is 20.9. The second kappa shape index (κ2) is 9.24. The zero-order valence-corrected chi connectivity index (χ0v) is 18.0. The molecule has 1 aromatic heterocycles. The maximum absolute atomic E-state index is 13.2. The van der Waals surface area contributed by atoms with Gasteiger partial charge >= 0.3 is 0 Å². The van der Waals surface area contributed by atoms with Crippen molar-refractivity contribution >= 4 is 23.0 Å². The van der Waals surface area contributed by atoms with Gasteiger partial charge in [-0.2, -0.15) is 5.10 Å². The van der Waals surface area contributed by atoms with Gasteiger partial charge in [0.1, 0.15) is 5.75 Å². The monoisotopic (exact) mass is 419 g/mol. The standard InChI is InChI=1S/C24H25N3O2S/c1-26(16-21-9-6-14-30-21)17-24(28)27-23(19-10-12-20(29-2)13-11-19)15-22(25-27)18-7-4-3-5-8-18/h3-14,23H,15-17H2,1-2H3/t23-/m0/s1. The highest BCUT2D eigenvalue weighted by atomic mass is 32.1. The molecule has 0 unspecified atom stereocenters. The van der Waals surface area contributed by atoms with E-state index in [9.17, 15) is 4.79 Å². The molecule has 0 saturated heterocycles. The van der Waals surface area contributed by atoms with E-state index in [-0.39, 0.29) is 11.9 Å². The second-order valence-corrected chi connectivity index (χ2v) is 8.43. The van der Waals surface area contributed by atoms with E-state index in [1.165, 1.54) is 4.88 Å². The van der Waals surface area contributed by atoms with Gasteiger partial charge in [0.15, 0.2) is 0 Å². The normalized spacial score (nSPS) is 16.0. The van der Waals surface area contributed by atoms with Gasteiger partial charge < -0.3 is 4.74 Å². The zero-order valence-electron chi connectivity index (χ0n) is 17.2. The fraction of sp³-hybridized carbons (Fsp3) is 0.250. The highest BCUT2D eigenvalue weighted by Gasteiger charge is 2.33. The molecule has 0 radical (unpaired) electrons. The van der Waals surface area contributed by atoms with E-state index in [2.05, 4.69) is 11.4 Å². The van der Waals surface area contributed by atoms with Crippen LogP contribution >= 0.6 is 11.3 Å². The Hall–Kier alpha value is -2.96. The molecule has 0 saturated carbocycles. The van der Waals surface area contributed by atoms with Crippen LogP contribution in [-0.4, -0.2) is 42.2 Å². The molecule has 0 bridgehead atoms. The molecule has 0 aliphatic carbocycles. The number of methoxy groups -OCH3 is 1. The largest absolute Gasteiger partial charge is 0.497 e. The average Bonchev–Trinajstić information content (AvgIpc) is 3.44. The Kier molecular flexibility index (Phi) is 6.26. The molecule has 5 nitrogen and oxygen atoms in total. The van der Waals surface area contributed by atoms with Gasteiger partial charge in [-0.15, -0.1) is 11.3 Å². The number of nitrogens with zero attached hydrogens (tertiary/aromatic N) is 3. The summed E-state index contributed by atoms with van der Waals surface area (Å²) in [5.74, 6) is 0.801. The second-order valence-electron chi connectivity index (χ2n) is 7.40. The van der Waals surface area contributed by atoms with Crippen molar-refractivity contribution in [1.82, 2.24) is 9.91 Å². The van der Waals surface area contributed by atoms with Crippen LogP contribution in [-0.2, 0) is 11.3 Å². The third-order valence-corrected chi connectivity index (χ3v) is 6.05. The number of hydrogen-bond acceptors (Lipinski definition) is 5. The van der Waals surface area contributed by atoms with Gasteiger partial charge in [-0.3, -0.25) is 9.69 Å².